The highest BCUT2D eigenvalue weighted by atomic mass is 32.1. The minimum absolute atomic E-state index is 0.106. The molecule has 0 aromatic carbocycles. The molecule has 0 bridgehead atoms. The van der Waals surface area contributed by atoms with E-state index in [9.17, 15) is 0 Å². The SMILES string of the molecule is Cc1nnc(-n2nncc2CO)s1. The second-order valence-electron chi connectivity index (χ2n) is 2.40. The van der Waals surface area contributed by atoms with E-state index in [-0.39, 0.29) is 6.61 Å². The van der Waals surface area contributed by atoms with Crippen molar-refractivity contribution in [2.45, 2.75) is 13.5 Å². The van der Waals surface area contributed by atoms with Gasteiger partial charge in [-0.25, -0.2) is 0 Å². The topological polar surface area (TPSA) is 76.7 Å². The van der Waals surface area contributed by atoms with Crippen LogP contribution in [-0.2, 0) is 6.61 Å². The van der Waals surface area contributed by atoms with Crippen LogP contribution in [0, 0.1) is 6.92 Å². The smallest absolute Gasteiger partial charge is 0.234 e. The highest BCUT2D eigenvalue weighted by molar-refractivity contribution is 7.13. The van der Waals surface area contributed by atoms with Crippen LogP contribution in [0.5, 0.6) is 0 Å². The molecule has 68 valence electrons. The third-order valence-corrected chi connectivity index (χ3v) is 2.29. The second kappa shape index (κ2) is 3.19. The summed E-state index contributed by atoms with van der Waals surface area (Å²) in [5.74, 6) is 0. The zero-order valence-electron chi connectivity index (χ0n) is 6.88. The quantitative estimate of drug-likeness (QED) is 0.728. The average Bonchev–Trinajstić information content (AvgIpc) is 2.71. The fourth-order valence-corrected chi connectivity index (χ4v) is 1.56. The summed E-state index contributed by atoms with van der Waals surface area (Å²) in [4.78, 5) is 0. The predicted molar refractivity (Wildman–Crippen MR) is 45.5 cm³/mol. The molecule has 0 spiro atoms. The van der Waals surface area contributed by atoms with Crippen LogP contribution in [0.3, 0.4) is 0 Å². The Morgan fingerprint density at radius 2 is 2.38 bits per heavy atom. The molecule has 0 amide bonds. The van der Waals surface area contributed by atoms with Crippen LogP contribution in [-0.4, -0.2) is 30.3 Å². The number of hydrogen-bond donors (Lipinski definition) is 1. The van der Waals surface area contributed by atoms with Gasteiger partial charge in [0.2, 0.25) is 5.13 Å². The monoisotopic (exact) mass is 197 g/mol. The number of rotatable bonds is 2. The lowest BCUT2D eigenvalue weighted by Gasteiger charge is -1.95. The molecular weight excluding hydrogens is 190 g/mol. The Bertz CT molecular complexity index is 409. The first-order chi connectivity index (χ1) is 6.31. The Morgan fingerprint density at radius 3 is 3.00 bits per heavy atom. The van der Waals surface area contributed by atoms with Crippen LogP contribution in [0.1, 0.15) is 10.7 Å². The molecule has 6 nitrogen and oxygen atoms in total. The molecule has 0 unspecified atom stereocenters. The fraction of sp³-hybridized carbons (Fsp3) is 0.333. The van der Waals surface area contributed by atoms with Crippen molar-refractivity contribution in [2.75, 3.05) is 0 Å². The number of aryl methyl sites for hydroxylation is 1. The van der Waals surface area contributed by atoms with Crippen molar-refractivity contribution in [3.05, 3.63) is 16.9 Å². The number of aliphatic hydroxyl groups is 1. The Labute approximate surface area is 77.9 Å². The standard InChI is InChI=1S/C6H7N5OS/c1-4-8-9-6(13-4)11-5(3-12)2-7-10-11/h2,12H,3H2,1H3. The van der Waals surface area contributed by atoms with Crippen molar-refractivity contribution in [2.24, 2.45) is 0 Å². The summed E-state index contributed by atoms with van der Waals surface area (Å²) >= 11 is 1.40. The van der Waals surface area contributed by atoms with E-state index in [1.807, 2.05) is 6.92 Å². The Morgan fingerprint density at radius 1 is 1.54 bits per heavy atom. The summed E-state index contributed by atoms with van der Waals surface area (Å²) in [5.41, 5.74) is 0.608. The summed E-state index contributed by atoms with van der Waals surface area (Å²) in [6, 6.07) is 0. The first-order valence-electron chi connectivity index (χ1n) is 3.62. The van der Waals surface area contributed by atoms with Gasteiger partial charge in [0, 0.05) is 0 Å². The third kappa shape index (κ3) is 1.43. The molecule has 0 aliphatic carbocycles. The van der Waals surface area contributed by atoms with Crippen molar-refractivity contribution in [1.29, 1.82) is 0 Å². The van der Waals surface area contributed by atoms with Gasteiger partial charge in [-0.05, 0) is 6.92 Å². The molecule has 2 rings (SSSR count). The maximum absolute atomic E-state index is 8.93. The van der Waals surface area contributed by atoms with Crippen LogP contribution in [0.15, 0.2) is 6.20 Å². The summed E-state index contributed by atoms with van der Waals surface area (Å²) < 4.78 is 1.48. The summed E-state index contributed by atoms with van der Waals surface area (Å²) in [6.07, 6.45) is 1.50. The molecule has 0 radical (unpaired) electrons. The van der Waals surface area contributed by atoms with Crippen LogP contribution >= 0.6 is 11.3 Å². The van der Waals surface area contributed by atoms with Gasteiger partial charge in [0.05, 0.1) is 18.5 Å². The molecule has 2 heterocycles. The van der Waals surface area contributed by atoms with Gasteiger partial charge in [0.15, 0.2) is 0 Å². The van der Waals surface area contributed by atoms with E-state index in [1.54, 1.807) is 0 Å². The lowest BCUT2D eigenvalue weighted by molar-refractivity contribution is 0.273. The normalized spacial score (nSPS) is 10.6. The van der Waals surface area contributed by atoms with E-state index in [0.717, 1.165) is 5.01 Å². The molecule has 0 saturated carbocycles. The zero-order valence-corrected chi connectivity index (χ0v) is 7.69. The Balaban J connectivity index is 2.45. The van der Waals surface area contributed by atoms with E-state index < -0.39 is 0 Å². The van der Waals surface area contributed by atoms with Gasteiger partial charge >= 0.3 is 0 Å². The molecule has 0 fully saturated rings. The maximum Gasteiger partial charge on any atom is 0.234 e. The lowest BCUT2D eigenvalue weighted by atomic mass is 10.5. The van der Waals surface area contributed by atoms with Crippen molar-refractivity contribution < 1.29 is 5.11 Å². The molecule has 7 heteroatoms. The molecule has 0 aliphatic rings. The predicted octanol–water partition coefficient (Wildman–Crippen LogP) is -0.0805. The Kier molecular flexibility index (Phi) is 2.03. The second-order valence-corrected chi connectivity index (χ2v) is 3.56. The zero-order chi connectivity index (χ0) is 9.26. The molecule has 0 saturated heterocycles. The largest absolute Gasteiger partial charge is 0.390 e. The first kappa shape index (κ1) is 8.27. The fourth-order valence-electron chi connectivity index (χ4n) is 0.897. The first-order valence-corrected chi connectivity index (χ1v) is 4.44. The van der Waals surface area contributed by atoms with E-state index in [1.165, 1.54) is 22.2 Å². The molecule has 1 N–H and O–H groups in total. The third-order valence-electron chi connectivity index (χ3n) is 1.48. The van der Waals surface area contributed by atoms with E-state index in [4.69, 9.17) is 5.11 Å². The number of hydrogen-bond acceptors (Lipinski definition) is 6. The molecular formula is C6H7N5OS. The van der Waals surface area contributed by atoms with Crippen LogP contribution in [0.4, 0.5) is 0 Å². The highest BCUT2D eigenvalue weighted by Gasteiger charge is 2.08. The molecule has 0 atom stereocenters. The molecule has 2 aromatic heterocycles. The molecule has 13 heavy (non-hydrogen) atoms. The van der Waals surface area contributed by atoms with Crippen LogP contribution in [0.2, 0.25) is 0 Å². The van der Waals surface area contributed by atoms with Gasteiger partial charge in [-0.2, -0.15) is 4.68 Å². The highest BCUT2D eigenvalue weighted by Crippen LogP contribution is 2.13. The number of aliphatic hydroxyl groups excluding tert-OH is 1. The summed E-state index contributed by atoms with van der Waals surface area (Å²) in [7, 11) is 0. The average molecular weight is 197 g/mol. The van der Waals surface area contributed by atoms with Crippen molar-refractivity contribution >= 4 is 11.3 Å². The van der Waals surface area contributed by atoms with Crippen LogP contribution in [0.25, 0.3) is 5.13 Å². The molecule has 2 aromatic rings. The van der Waals surface area contributed by atoms with E-state index >= 15 is 0 Å². The minimum atomic E-state index is -0.106. The van der Waals surface area contributed by atoms with Crippen molar-refractivity contribution in [1.82, 2.24) is 25.2 Å². The van der Waals surface area contributed by atoms with Gasteiger partial charge in [0.25, 0.3) is 0 Å². The van der Waals surface area contributed by atoms with Gasteiger partial charge in [-0.3, -0.25) is 0 Å². The minimum Gasteiger partial charge on any atom is -0.390 e. The summed E-state index contributed by atoms with van der Waals surface area (Å²) in [6.45, 7) is 1.75. The Hall–Kier alpha value is -1.34. The number of aromatic nitrogens is 5. The van der Waals surface area contributed by atoms with Crippen LogP contribution < -0.4 is 0 Å². The van der Waals surface area contributed by atoms with Gasteiger partial charge in [0.1, 0.15) is 5.01 Å². The molecule has 0 aliphatic heterocycles. The van der Waals surface area contributed by atoms with E-state index in [0.29, 0.717) is 10.8 Å². The van der Waals surface area contributed by atoms with Gasteiger partial charge < -0.3 is 5.11 Å². The van der Waals surface area contributed by atoms with Gasteiger partial charge in [-0.15, -0.1) is 15.3 Å². The lowest BCUT2D eigenvalue weighted by Crippen LogP contribution is -2.01. The van der Waals surface area contributed by atoms with Gasteiger partial charge in [-0.1, -0.05) is 16.6 Å². The van der Waals surface area contributed by atoms with Crippen molar-refractivity contribution in [3.8, 4) is 5.13 Å². The van der Waals surface area contributed by atoms with Crippen molar-refractivity contribution in [3.63, 3.8) is 0 Å². The summed E-state index contributed by atoms with van der Waals surface area (Å²) in [5, 5.41) is 25.6. The maximum atomic E-state index is 8.93. The van der Waals surface area contributed by atoms with E-state index in [2.05, 4.69) is 20.5 Å². The number of nitrogens with zero attached hydrogens (tertiary/aromatic N) is 5.